The first-order valence-corrected chi connectivity index (χ1v) is 17.1. The maximum atomic E-state index is 2.43. The molecule has 0 amide bonds. The number of para-hydroxylation sites is 1. The molecule has 7 aromatic carbocycles. The Balaban J connectivity index is 1.25. The van der Waals surface area contributed by atoms with Crippen LogP contribution in [0.15, 0.2) is 200 Å². The van der Waals surface area contributed by atoms with Gasteiger partial charge in [-0.15, -0.1) is 0 Å². The third kappa shape index (κ3) is 6.52. The predicted octanol–water partition coefficient (Wildman–Crippen LogP) is 13.4. The molecule has 0 bridgehead atoms. The highest BCUT2D eigenvalue weighted by molar-refractivity contribution is 5.93. The number of hydrogen-bond donors (Lipinski definition) is 0. The van der Waals surface area contributed by atoms with Crippen LogP contribution in [-0.2, 0) is 0 Å². The first-order valence-electron chi connectivity index (χ1n) is 17.1. The molecule has 1 aliphatic rings. The topological polar surface area (TPSA) is 3.24 Å². The van der Waals surface area contributed by atoms with Crippen molar-refractivity contribution in [1.82, 2.24) is 0 Å². The number of nitrogens with zero attached hydrogens (tertiary/aromatic N) is 1. The van der Waals surface area contributed by atoms with E-state index in [1.165, 1.54) is 61.3 Å². The van der Waals surface area contributed by atoms with E-state index in [1.807, 2.05) is 0 Å². The molecule has 0 saturated carbocycles. The molecule has 0 unspecified atom stereocenters. The Kier molecular flexibility index (Phi) is 8.56. The minimum atomic E-state index is 0.987. The van der Waals surface area contributed by atoms with Crippen LogP contribution in [-0.4, -0.2) is 0 Å². The van der Waals surface area contributed by atoms with E-state index in [0.29, 0.717) is 0 Å². The standard InChI is InChI=1S/C48H37N/c1-4-16-36(17-5-1)39-22-12-23-40(32-39)41-24-13-27-44(33-41)47-30-10-11-31-48(47)49(45-28-14-25-42(34-45)37-18-6-2-7-19-37)46-29-15-26-43(35-46)38-20-8-3-9-21-38/h1-12,14-26,28-35H,13,27H2. The lowest BCUT2D eigenvalue weighted by Crippen LogP contribution is -2.12. The summed E-state index contributed by atoms with van der Waals surface area (Å²) in [5.41, 5.74) is 15.8. The summed E-state index contributed by atoms with van der Waals surface area (Å²) in [5, 5.41) is 0. The van der Waals surface area contributed by atoms with Gasteiger partial charge in [0.15, 0.2) is 0 Å². The molecule has 0 N–H and O–H groups in total. The summed E-state index contributed by atoms with van der Waals surface area (Å²) in [5.74, 6) is 0. The SMILES string of the molecule is C1=C(c2cccc(-c3ccccc3)c2)C=C(c2ccccc2N(c2cccc(-c3ccccc3)c2)c2cccc(-c3ccccc3)c2)CC1. The summed E-state index contributed by atoms with van der Waals surface area (Å²) < 4.78 is 0. The Morgan fingerprint density at radius 1 is 0.367 bits per heavy atom. The summed E-state index contributed by atoms with van der Waals surface area (Å²) in [6, 6.07) is 67.6. The van der Waals surface area contributed by atoms with Gasteiger partial charge in [-0.1, -0.05) is 164 Å². The Morgan fingerprint density at radius 3 is 1.39 bits per heavy atom. The third-order valence-corrected chi connectivity index (χ3v) is 9.32. The van der Waals surface area contributed by atoms with Crippen LogP contribution in [0.25, 0.3) is 44.5 Å². The quantitative estimate of drug-likeness (QED) is 0.162. The van der Waals surface area contributed by atoms with Gasteiger partial charge in [-0.3, -0.25) is 0 Å². The van der Waals surface area contributed by atoms with E-state index >= 15 is 0 Å². The first-order chi connectivity index (χ1) is 24.3. The minimum absolute atomic E-state index is 0.987. The molecule has 0 aliphatic heterocycles. The molecule has 1 nitrogen and oxygen atoms in total. The molecule has 8 rings (SSSR count). The monoisotopic (exact) mass is 627 g/mol. The van der Waals surface area contributed by atoms with E-state index in [0.717, 1.165) is 24.2 Å². The molecule has 0 saturated heterocycles. The van der Waals surface area contributed by atoms with Crippen LogP contribution in [0.4, 0.5) is 17.1 Å². The van der Waals surface area contributed by atoms with Crippen molar-refractivity contribution in [2.24, 2.45) is 0 Å². The van der Waals surface area contributed by atoms with Crippen molar-refractivity contribution in [1.29, 1.82) is 0 Å². The summed E-state index contributed by atoms with van der Waals surface area (Å²) >= 11 is 0. The van der Waals surface area contributed by atoms with Crippen LogP contribution in [0.2, 0.25) is 0 Å². The highest BCUT2D eigenvalue weighted by Crippen LogP contribution is 2.43. The summed E-state index contributed by atoms with van der Waals surface area (Å²) in [6.07, 6.45) is 6.78. The normalized spacial score (nSPS) is 12.6. The van der Waals surface area contributed by atoms with Crippen LogP contribution in [0.1, 0.15) is 24.0 Å². The van der Waals surface area contributed by atoms with E-state index in [4.69, 9.17) is 0 Å². The van der Waals surface area contributed by atoms with E-state index in [2.05, 4.69) is 205 Å². The fourth-order valence-corrected chi connectivity index (χ4v) is 6.90. The second-order valence-corrected chi connectivity index (χ2v) is 12.5. The molecule has 49 heavy (non-hydrogen) atoms. The van der Waals surface area contributed by atoms with Crippen LogP contribution in [0.5, 0.6) is 0 Å². The van der Waals surface area contributed by atoms with Crippen molar-refractivity contribution in [2.45, 2.75) is 12.8 Å². The lowest BCUT2D eigenvalue weighted by Gasteiger charge is -2.30. The van der Waals surface area contributed by atoms with Gasteiger partial charge < -0.3 is 4.90 Å². The third-order valence-electron chi connectivity index (χ3n) is 9.32. The van der Waals surface area contributed by atoms with Gasteiger partial charge in [0.05, 0.1) is 5.69 Å². The number of anilines is 3. The van der Waals surface area contributed by atoms with Crippen LogP contribution in [0, 0.1) is 0 Å². The lowest BCUT2D eigenvalue weighted by molar-refractivity contribution is 1.06. The molecule has 0 fully saturated rings. The molecule has 0 heterocycles. The Morgan fingerprint density at radius 2 is 0.816 bits per heavy atom. The van der Waals surface area contributed by atoms with E-state index in [-0.39, 0.29) is 0 Å². The molecular weight excluding hydrogens is 591 g/mol. The second-order valence-electron chi connectivity index (χ2n) is 12.5. The van der Waals surface area contributed by atoms with Gasteiger partial charge in [0.1, 0.15) is 0 Å². The first kappa shape index (κ1) is 30.2. The molecule has 0 spiro atoms. The second kappa shape index (κ2) is 13.9. The largest absolute Gasteiger partial charge is 0.310 e. The Hall–Kier alpha value is -6.18. The molecule has 234 valence electrons. The van der Waals surface area contributed by atoms with Crippen molar-refractivity contribution >= 4 is 28.2 Å². The van der Waals surface area contributed by atoms with Gasteiger partial charge in [0.25, 0.3) is 0 Å². The number of hydrogen-bond acceptors (Lipinski definition) is 1. The van der Waals surface area contributed by atoms with Crippen molar-refractivity contribution < 1.29 is 0 Å². The van der Waals surface area contributed by atoms with Crippen molar-refractivity contribution in [3.8, 4) is 33.4 Å². The van der Waals surface area contributed by atoms with E-state index in [1.54, 1.807) is 0 Å². The van der Waals surface area contributed by atoms with Crippen LogP contribution >= 0.6 is 0 Å². The molecule has 0 radical (unpaired) electrons. The lowest BCUT2D eigenvalue weighted by atomic mass is 9.88. The average Bonchev–Trinajstić information content (AvgIpc) is 3.20. The summed E-state index contributed by atoms with van der Waals surface area (Å²) in [4.78, 5) is 2.43. The fourth-order valence-electron chi connectivity index (χ4n) is 6.90. The molecule has 0 aromatic heterocycles. The van der Waals surface area contributed by atoms with Crippen LogP contribution < -0.4 is 4.90 Å². The fraction of sp³-hybridized carbons (Fsp3) is 0.0417. The number of rotatable bonds is 8. The maximum Gasteiger partial charge on any atom is 0.0536 e. The van der Waals surface area contributed by atoms with Gasteiger partial charge in [-0.2, -0.15) is 0 Å². The smallest absolute Gasteiger partial charge is 0.0536 e. The highest BCUT2D eigenvalue weighted by atomic mass is 15.1. The van der Waals surface area contributed by atoms with Gasteiger partial charge in [-0.25, -0.2) is 0 Å². The van der Waals surface area contributed by atoms with E-state index in [9.17, 15) is 0 Å². The van der Waals surface area contributed by atoms with Crippen molar-refractivity contribution in [3.63, 3.8) is 0 Å². The zero-order valence-corrected chi connectivity index (χ0v) is 27.4. The minimum Gasteiger partial charge on any atom is -0.310 e. The van der Waals surface area contributed by atoms with Gasteiger partial charge in [-0.05, 0) is 99.3 Å². The number of benzene rings is 7. The Bertz CT molecular complexity index is 2180. The molecule has 1 heteroatoms. The number of allylic oxidation sites excluding steroid dienone is 4. The Labute approximate surface area is 289 Å². The van der Waals surface area contributed by atoms with Gasteiger partial charge in [0.2, 0.25) is 0 Å². The molecular formula is C48H37N. The van der Waals surface area contributed by atoms with Crippen molar-refractivity contribution in [3.05, 3.63) is 211 Å². The van der Waals surface area contributed by atoms with Gasteiger partial charge >= 0.3 is 0 Å². The molecule has 1 aliphatic carbocycles. The molecule has 0 atom stereocenters. The maximum absolute atomic E-state index is 2.43. The van der Waals surface area contributed by atoms with Crippen LogP contribution in [0.3, 0.4) is 0 Å². The predicted molar refractivity (Wildman–Crippen MR) is 209 cm³/mol. The van der Waals surface area contributed by atoms with Gasteiger partial charge in [0, 0.05) is 16.9 Å². The summed E-state index contributed by atoms with van der Waals surface area (Å²) in [6.45, 7) is 0. The van der Waals surface area contributed by atoms with Crippen molar-refractivity contribution in [2.75, 3.05) is 4.90 Å². The zero-order chi connectivity index (χ0) is 32.8. The highest BCUT2D eigenvalue weighted by Gasteiger charge is 2.20. The zero-order valence-electron chi connectivity index (χ0n) is 27.4. The molecule has 7 aromatic rings. The summed E-state index contributed by atoms with van der Waals surface area (Å²) in [7, 11) is 0. The average molecular weight is 628 g/mol. The van der Waals surface area contributed by atoms with E-state index < -0.39 is 0 Å².